The number of nitrogens with zero attached hydrogens (tertiary/aromatic N) is 1. The van der Waals surface area contributed by atoms with E-state index in [1.165, 1.54) is 43.1 Å². The Bertz CT molecular complexity index is 674. The van der Waals surface area contributed by atoms with E-state index in [1.54, 1.807) is 0 Å². The van der Waals surface area contributed by atoms with Crippen molar-refractivity contribution in [1.29, 1.82) is 0 Å². The average Bonchev–Trinajstić information content (AvgIpc) is 3.01. The highest BCUT2D eigenvalue weighted by molar-refractivity contribution is 6.12. The van der Waals surface area contributed by atoms with Crippen LogP contribution in [0.3, 0.4) is 0 Å². The van der Waals surface area contributed by atoms with Crippen molar-refractivity contribution >= 4 is 23.4 Å². The predicted molar refractivity (Wildman–Crippen MR) is 127 cm³/mol. The second-order valence-corrected chi connectivity index (χ2v) is 9.64. The number of carbonyl (C=O) groups is 4. The van der Waals surface area contributed by atoms with E-state index in [2.05, 4.69) is 34.6 Å². The van der Waals surface area contributed by atoms with Crippen LogP contribution in [-0.2, 0) is 33.4 Å². The van der Waals surface area contributed by atoms with Gasteiger partial charge in [0, 0.05) is 29.6 Å². The largest absolute Gasteiger partial charge is 0.381 e. The molecule has 0 atom stereocenters. The summed E-state index contributed by atoms with van der Waals surface area (Å²) < 4.78 is 17.1. The minimum Gasteiger partial charge on any atom is -0.381 e. The monoisotopic (exact) mass is 467 g/mol. The number of ketones is 2. The highest BCUT2D eigenvalue weighted by Gasteiger charge is 2.25. The molecule has 0 aromatic rings. The van der Waals surface area contributed by atoms with Crippen molar-refractivity contribution in [3.8, 4) is 0 Å². The molecule has 0 bridgehead atoms. The quantitative estimate of drug-likeness (QED) is 0.207. The topological polar surface area (TPSA) is 99.2 Å². The fourth-order valence-electron chi connectivity index (χ4n) is 2.57. The van der Waals surface area contributed by atoms with E-state index in [0.717, 1.165) is 13.0 Å². The third-order valence-electron chi connectivity index (χ3n) is 4.23. The van der Waals surface area contributed by atoms with Gasteiger partial charge in [-0.15, -0.1) is 0 Å². The lowest BCUT2D eigenvalue weighted by Crippen LogP contribution is -2.35. The van der Waals surface area contributed by atoms with Crippen LogP contribution in [0.5, 0.6) is 0 Å². The Morgan fingerprint density at radius 1 is 0.788 bits per heavy atom. The van der Waals surface area contributed by atoms with Crippen molar-refractivity contribution < 1.29 is 33.4 Å². The van der Waals surface area contributed by atoms with Gasteiger partial charge in [-0.2, -0.15) is 0 Å². The molecule has 0 fully saturated rings. The number of ether oxygens (including phenoxy) is 3. The number of hydrogen-bond donors (Lipinski definition) is 0. The summed E-state index contributed by atoms with van der Waals surface area (Å²) in [6.07, 6.45) is 6.09. The molecular weight excluding hydrogens is 426 g/mol. The summed E-state index contributed by atoms with van der Waals surface area (Å²) in [4.78, 5) is 44.3. The Balaban J connectivity index is 0.00000109. The lowest BCUT2D eigenvalue weighted by Gasteiger charge is -2.29. The van der Waals surface area contributed by atoms with E-state index in [9.17, 15) is 19.2 Å². The Kier molecular flexibility index (Phi) is 14.6. The standard InChI is InChI=1S/C19H33NO5.C6H8O2/c1-6-10-23-12-18(2,3)14-25-15-19(4,5)13-24-11-9-20-16(21)7-8-17(20)22;1-5(7)3-4-6(2)8/h7-8H,6,9-15H2,1-5H3;3-4H,1-2H3/b;4-3-. The number of allylic oxidation sites excluding steroid dienone is 2. The molecule has 0 aromatic heterocycles. The van der Waals surface area contributed by atoms with Gasteiger partial charge in [-0.3, -0.25) is 24.1 Å². The zero-order chi connectivity index (χ0) is 25.5. The van der Waals surface area contributed by atoms with Crippen LogP contribution in [0.15, 0.2) is 24.3 Å². The summed E-state index contributed by atoms with van der Waals surface area (Å²) in [6, 6.07) is 0. The zero-order valence-corrected chi connectivity index (χ0v) is 21.3. The maximum atomic E-state index is 11.4. The highest BCUT2D eigenvalue weighted by Crippen LogP contribution is 2.20. The van der Waals surface area contributed by atoms with E-state index >= 15 is 0 Å². The second-order valence-electron chi connectivity index (χ2n) is 9.64. The van der Waals surface area contributed by atoms with Gasteiger partial charge in [0.2, 0.25) is 0 Å². The van der Waals surface area contributed by atoms with E-state index in [1.807, 2.05) is 0 Å². The summed E-state index contributed by atoms with van der Waals surface area (Å²) >= 11 is 0. The summed E-state index contributed by atoms with van der Waals surface area (Å²) in [5, 5.41) is 0. The van der Waals surface area contributed by atoms with Crippen molar-refractivity contribution in [2.45, 2.75) is 54.9 Å². The molecule has 188 valence electrons. The molecule has 1 aliphatic rings. The fraction of sp³-hybridized carbons (Fsp3) is 0.680. The number of carbonyl (C=O) groups excluding carboxylic acids is 4. The van der Waals surface area contributed by atoms with Crippen LogP contribution in [0, 0.1) is 10.8 Å². The molecule has 0 saturated heterocycles. The molecule has 8 heteroatoms. The number of rotatable bonds is 15. The molecule has 1 rings (SSSR count). The van der Waals surface area contributed by atoms with Crippen molar-refractivity contribution in [2.24, 2.45) is 10.8 Å². The first kappa shape index (κ1) is 30.8. The first-order valence-corrected chi connectivity index (χ1v) is 11.3. The van der Waals surface area contributed by atoms with Crippen LogP contribution in [0.25, 0.3) is 0 Å². The molecule has 0 spiro atoms. The molecule has 2 amide bonds. The summed E-state index contributed by atoms with van der Waals surface area (Å²) in [5.41, 5.74) is -0.160. The van der Waals surface area contributed by atoms with Crippen LogP contribution >= 0.6 is 0 Å². The Hall–Kier alpha value is -2.16. The van der Waals surface area contributed by atoms with E-state index in [0.29, 0.717) is 33.0 Å². The fourth-order valence-corrected chi connectivity index (χ4v) is 2.57. The normalized spacial score (nSPS) is 14.1. The van der Waals surface area contributed by atoms with Gasteiger partial charge in [-0.25, -0.2) is 0 Å². The summed E-state index contributed by atoms with van der Waals surface area (Å²) in [6.45, 7) is 17.1. The molecular formula is C25H41NO7. The van der Waals surface area contributed by atoms with Crippen LogP contribution in [0.1, 0.15) is 54.9 Å². The lowest BCUT2D eigenvalue weighted by atomic mass is 9.94. The van der Waals surface area contributed by atoms with Crippen molar-refractivity contribution in [1.82, 2.24) is 4.90 Å². The number of imide groups is 1. The van der Waals surface area contributed by atoms with Gasteiger partial charge < -0.3 is 14.2 Å². The van der Waals surface area contributed by atoms with Gasteiger partial charge in [0.15, 0.2) is 11.6 Å². The average molecular weight is 468 g/mol. The van der Waals surface area contributed by atoms with E-state index in [-0.39, 0.29) is 40.8 Å². The highest BCUT2D eigenvalue weighted by atomic mass is 16.5. The molecule has 0 N–H and O–H groups in total. The summed E-state index contributed by atoms with van der Waals surface area (Å²) in [5.74, 6) is -0.743. The van der Waals surface area contributed by atoms with Crippen LogP contribution in [-0.4, -0.2) is 74.5 Å². The predicted octanol–water partition coefficient (Wildman–Crippen LogP) is 3.14. The summed E-state index contributed by atoms with van der Waals surface area (Å²) in [7, 11) is 0. The molecule has 1 aliphatic heterocycles. The van der Waals surface area contributed by atoms with Crippen molar-refractivity contribution in [3.05, 3.63) is 24.3 Å². The smallest absolute Gasteiger partial charge is 0.253 e. The van der Waals surface area contributed by atoms with Crippen molar-refractivity contribution in [3.63, 3.8) is 0 Å². The van der Waals surface area contributed by atoms with Gasteiger partial charge in [-0.05, 0) is 32.4 Å². The van der Waals surface area contributed by atoms with Crippen LogP contribution in [0.4, 0.5) is 0 Å². The number of amides is 2. The second kappa shape index (κ2) is 15.6. The first-order valence-electron chi connectivity index (χ1n) is 11.3. The van der Waals surface area contributed by atoms with Gasteiger partial charge >= 0.3 is 0 Å². The third-order valence-corrected chi connectivity index (χ3v) is 4.23. The molecule has 0 saturated carbocycles. The van der Waals surface area contributed by atoms with E-state index < -0.39 is 0 Å². The van der Waals surface area contributed by atoms with Gasteiger partial charge in [0.05, 0.1) is 39.6 Å². The minimum atomic E-state index is -0.274. The van der Waals surface area contributed by atoms with Gasteiger partial charge in [0.1, 0.15) is 0 Å². The van der Waals surface area contributed by atoms with Gasteiger partial charge in [0.25, 0.3) is 11.8 Å². The molecule has 0 radical (unpaired) electrons. The van der Waals surface area contributed by atoms with Crippen LogP contribution in [0.2, 0.25) is 0 Å². The molecule has 0 aromatic carbocycles. The number of hydrogen-bond acceptors (Lipinski definition) is 7. The van der Waals surface area contributed by atoms with Crippen LogP contribution < -0.4 is 0 Å². The third kappa shape index (κ3) is 16.2. The Morgan fingerprint density at radius 3 is 1.58 bits per heavy atom. The minimum absolute atomic E-state index is 0.0183. The Morgan fingerprint density at radius 2 is 1.18 bits per heavy atom. The SMILES string of the molecule is CC(=O)/C=C\C(C)=O.CCCOCC(C)(C)COCC(C)(C)COCCN1C(=O)C=CC1=O. The maximum absolute atomic E-state index is 11.4. The molecule has 1 heterocycles. The maximum Gasteiger partial charge on any atom is 0.253 e. The Labute approximate surface area is 198 Å². The van der Waals surface area contributed by atoms with E-state index in [4.69, 9.17) is 14.2 Å². The zero-order valence-electron chi connectivity index (χ0n) is 21.3. The van der Waals surface area contributed by atoms with Crippen molar-refractivity contribution in [2.75, 3.05) is 46.2 Å². The molecule has 0 unspecified atom stereocenters. The molecule has 33 heavy (non-hydrogen) atoms. The molecule has 8 nitrogen and oxygen atoms in total. The molecule has 0 aliphatic carbocycles. The lowest BCUT2D eigenvalue weighted by molar-refractivity contribution is -0.138. The van der Waals surface area contributed by atoms with Gasteiger partial charge in [-0.1, -0.05) is 34.6 Å². The first-order chi connectivity index (χ1) is 15.3.